The number of aryl methyl sites for hydroxylation is 1. The molecule has 1 amide bonds. The van der Waals surface area contributed by atoms with Gasteiger partial charge in [-0.25, -0.2) is 4.98 Å². The second kappa shape index (κ2) is 9.71. The van der Waals surface area contributed by atoms with E-state index in [0.717, 1.165) is 17.1 Å². The third-order valence-corrected chi connectivity index (χ3v) is 4.90. The largest absolute Gasteiger partial charge is 0.457 e. The SMILES string of the molecule is O=C(CCCn1cnc2ccccc2c1=O)NCc1cccc(Oc2ccccc2)c1. The fourth-order valence-corrected chi connectivity index (χ4v) is 3.31. The Morgan fingerprint density at radius 1 is 0.935 bits per heavy atom. The Morgan fingerprint density at radius 3 is 2.58 bits per heavy atom. The molecule has 0 atom stereocenters. The number of carbonyl (C=O) groups is 1. The van der Waals surface area contributed by atoms with Gasteiger partial charge >= 0.3 is 0 Å². The van der Waals surface area contributed by atoms with Crippen LogP contribution in [0.25, 0.3) is 10.9 Å². The maximum absolute atomic E-state index is 12.5. The van der Waals surface area contributed by atoms with Crippen molar-refractivity contribution in [2.45, 2.75) is 25.9 Å². The summed E-state index contributed by atoms with van der Waals surface area (Å²) in [7, 11) is 0. The third kappa shape index (κ3) is 5.36. The second-order valence-corrected chi connectivity index (χ2v) is 7.20. The van der Waals surface area contributed by atoms with Crippen LogP contribution in [0.3, 0.4) is 0 Å². The highest BCUT2D eigenvalue weighted by molar-refractivity contribution is 5.77. The molecule has 0 unspecified atom stereocenters. The summed E-state index contributed by atoms with van der Waals surface area (Å²) in [6.45, 7) is 0.868. The summed E-state index contributed by atoms with van der Waals surface area (Å²) in [5.41, 5.74) is 1.55. The summed E-state index contributed by atoms with van der Waals surface area (Å²) in [4.78, 5) is 29.0. The fourth-order valence-electron chi connectivity index (χ4n) is 3.31. The van der Waals surface area contributed by atoms with Crippen molar-refractivity contribution in [3.63, 3.8) is 0 Å². The average molecular weight is 413 g/mol. The van der Waals surface area contributed by atoms with Gasteiger partial charge in [0.05, 0.1) is 17.2 Å². The number of benzene rings is 3. The van der Waals surface area contributed by atoms with E-state index in [-0.39, 0.29) is 11.5 Å². The van der Waals surface area contributed by atoms with E-state index in [2.05, 4.69) is 10.3 Å². The van der Waals surface area contributed by atoms with Crippen LogP contribution >= 0.6 is 0 Å². The van der Waals surface area contributed by atoms with Crippen LogP contribution in [0.2, 0.25) is 0 Å². The number of hydrogen-bond donors (Lipinski definition) is 1. The topological polar surface area (TPSA) is 73.2 Å². The molecule has 6 heteroatoms. The number of rotatable bonds is 8. The summed E-state index contributed by atoms with van der Waals surface area (Å²) in [6.07, 6.45) is 2.43. The van der Waals surface area contributed by atoms with Crippen molar-refractivity contribution >= 4 is 16.8 Å². The lowest BCUT2D eigenvalue weighted by Crippen LogP contribution is -2.24. The normalized spacial score (nSPS) is 10.7. The van der Waals surface area contributed by atoms with E-state index < -0.39 is 0 Å². The molecular formula is C25H23N3O3. The molecule has 0 saturated carbocycles. The minimum atomic E-state index is -0.0822. The molecule has 4 aromatic rings. The molecule has 0 aliphatic heterocycles. The number of aromatic nitrogens is 2. The smallest absolute Gasteiger partial charge is 0.261 e. The van der Waals surface area contributed by atoms with Gasteiger partial charge in [-0.1, -0.05) is 42.5 Å². The van der Waals surface area contributed by atoms with Gasteiger partial charge in [0, 0.05) is 19.5 Å². The molecule has 0 radical (unpaired) electrons. The summed E-state index contributed by atoms with van der Waals surface area (Å²) in [5, 5.41) is 3.51. The number of carbonyl (C=O) groups excluding carboxylic acids is 1. The molecule has 0 saturated heterocycles. The lowest BCUT2D eigenvalue weighted by Gasteiger charge is -2.09. The standard InChI is InChI=1S/C25H23N3O3/c29-24(14-7-15-28-18-27-23-13-5-4-12-22(23)25(28)30)26-17-19-8-6-11-21(16-19)31-20-9-2-1-3-10-20/h1-6,8-13,16,18H,7,14-15,17H2,(H,26,29). The second-order valence-electron chi connectivity index (χ2n) is 7.20. The summed E-state index contributed by atoms with van der Waals surface area (Å²) in [6, 6.07) is 24.5. The van der Waals surface area contributed by atoms with Crippen molar-refractivity contribution in [1.29, 1.82) is 0 Å². The Hall–Kier alpha value is -3.93. The van der Waals surface area contributed by atoms with Crippen molar-refractivity contribution in [2.75, 3.05) is 0 Å². The Bertz CT molecular complexity index is 1240. The van der Waals surface area contributed by atoms with E-state index in [0.29, 0.717) is 36.8 Å². The number of ether oxygens (including phenoxy) is 1. The Kier molecular flexibility index (Phi) is 6.38. The lowest BCUT2D eigenvalue weighted by atomic mass is 10.2. The molecule has 6 nitrogen and oxygen atoms in total. The van der Waals surface area contributed by atoms with Gasteiger partial charge in [-0.15, -0.1) is 0 Å². The summed E-state index contributed by atoms with van der Waals surface area (Å²) < 4.78 is 7.39. The number of hydrogen-bond acceptors (Lipinski definition) is 4. The van der Waals surface area contributed by atoms with Crippen LogP contribution in [-0.4, -0.2) is 15.5 Å². The molecule has 31 heavy (non-hydrogen) atoms. The van der Waals surface area contributed by atoms with Crippen molar-refractivity contribution < 1.29 is 9.53 Å². The molecule has 1 N–H and O–H groups in total. The molecular weight excluding hydrogens is 390 g/mol. The maximum atomic E-state index is 12.5. The van der Waals surface area contributed by atoms with Crippen LogP contribution in [0.15, 0.2) is 90.0 Å². The van der Waals surface area contributed by atoms with Crippen LogP contribution in [0.1, 0.15) is 18.4 Å². The van der Waals surface area contributed by atoms with Crippen molar-refractivity contribution in [3.8, 4) is 11.5 Å². The molecule has 0 bridgehead atoms. The number of nitrogens with zero attached hydrogens (tertiary/aromatic N) is 2. The zero-order valence-electron chi connectivity index (χ0n) is 17.0. The highest BCUT2D eigenvalue weighted by Gasteiger charge is 2.06. The quantitative estimate of drug-likeness (QED) is 0.468. The van der Waals surface area contributed by atoms with E-state index in [1.807, 2.05) is 72.8 Å². The van der Waals surface area contributed by atoms with E-state index in [9.17, 15) is 9.59 Å². The molecule has 0 aliphatic rings. The third-order valence-electron chi connectivity index (χ3n) is 4.90. The molecule has 0 spiro atoms. The van der Waals surface area contributed by atoms with Gasteiger partial charge in [-0.05, 0) is 48.4 Å². The highest BCUT2D eigenvalue weighted by Crippen LogP contribution is 2.21. The van der Waals surface area contributed by atoms with Gasteiger partial charge in [0.25, 0.3) is 5.56 Å². The van der Waals surface area contributed by atoms with Gasteiger partial charge in [0.15, 0.2) is 0 Å². The van der Waals surface area contributed by atoms with Gasteiger partial charge in [0.2, 0.25) is 5.91 Å². The predicted molar refractivity (Wildman–Crippen MR) is 120 cm³/mol. The minimum absolute atomic E-state index is 0.0591. The Morgan fingerprint density at radius 2 is 1.71 bits per heavy atom. The van der Waals surface area contributed by atoms with E-state index in [4.69, 9.17) is 4.74 Å². The minimum Gasteiger partial charge on any atom is -0.457 e. The van der Waals surface area contributed by atoms with Crippen LogP contribution in [0.4, 0.5) is 0 Å². The molecule has 156 valence electrons. The first-order chi connectivity index (χ1) is 15.2. The van der Waals surface area contributed by atoms with Crippen molar-refractivity contribution in [1.82, 2.24) is 14.9 Å². The van der Waals surface area contributed by atoms with E-state index in [1.165, 1.54) is 0 Å². The zero-order chi connectivity index (χ0) is 21.5. The maximum Gasteiger partial charge on any atom is 0.261 e. The van der Waals surface area contributed by atoms with Crippen LogP contribution < -0.4 is 15.6 Å². The molecule has 4 rings (SSSR count). The van der Waals surface area contributed by atoms with E-state index >= 15 is 0 Å². The predicted octanol–water partition coefficient (Wildman–Crippen LogP) is 4.29. The Balaban J connectivity index is 1.27. The van der Waals surface area contributed by atoms with Crippen molar-refractivity contribution in [3.05, 3.63) is 101 Å². The van der Waals surface area contributed by atoms with Gasteiger partial charge in [0.1, 0.15) is 11.5 Å². The molecule has 1 heterocycles. The van der Waals surface area contributed by atoms with Gasteiger partial charge in [-0.3, -0.25) is 14.2 Å². The number of fused-ring (bicyclic) bond motifs is 1. The number of amides is 1. The highest BCUT2D eigenvalue weighted by atomic mass is 16.5. The monoisotopic (exact) mass is 413 g/mol. The van der Waals surface area contributed by atoms with Crippen LogP contribution in [0, 0.1) is 0 Å². The number of para-hydroxylation sites is 2. The van der Waals surface area contributed by atoms with Crippen LogP contribution in [0.5, 0.6) is 11.5 Å². The molecule has 0 fully saturated rings. The zero-order valence-corrected chi connectivity index (χ0v) is 17.0. The van der Waals surface area contributed by atoms with Crippen molar-refractivity contribution in [2.24, 2.45) is 0 Å². The molecule has 3 aromatic carbocycles. The summed E-state index contributed by atoms with van der Waals surface area (Å²) >= 11 is 0. The van der Waals surface area contributed by atoms with Crippen LogP contribution in [-0.2, 0) is 17.9 Å². The Labute approximate surface area is 180 Å². The first-order valence-corrected chi connectivity index (χ1v) is 10.2. The van der Waals surface area contributed by atoms with Gasteiger partial charge in [-0.2, -0.15) is 0 Å². The lowest BCUT2D eigenvalue weighted by molar-refractivity contribution is -0.121. The van der Waals surface area contributed by atoms with E-state index in [1.54, 1.807) is 17.0 Å². The first kappa shape index (κ1) is 20.3. The number of nitrogens with one attached hydrogen (secondary N) is 1. The van der Waals surface area contributed by atoms with Gasteiger partial charge < -0.3 is 10.1 Å². The molecule has 1 aromatic heterocycles. The summed E-state index contributed by atoms with van der Waals surface area (Å²) in [5.74, 6) is 1.43. The first-order valence-electron chi connectivity index (χ1n) is 10.2. The fraction of sp³-hybridized carbons (Fsp3) is 0.160. The average Bonchev–Trinajstić information content (AvgIpc) is 2.80. The molecule has 0 aliphatic carbocycles.